The summed E-state index contributed by atoms with van der Waals surface area (Å²) in [6.45, 7) is 0. The Morgan fingerprint density at radius 3 is 2.52 bits per heavy atom. The molecule has 0 atom stereocenters. The first-order valence-electron chi connectivity index (χ1n) is 5.79. The Morgan fingerprint density at radius 1 is 1.14 bits per heavy atom. The Hall–Kier alpha value is -0.850. The van der Waals surface area contributed by atoms with Crippen molar-refractivity contribution in [2.24, 2.45) is 5.14 Å². The predicted octanol–water partition coefficient (Wildman–Crippen LogP) is 5.83. The molecule has 0 heterocycles. The van der Waals surface area contributed by atoms with Crippen LogP contribution in [0.15, 0.2) is 46.7 Å². The fourth-order valence-corrected chi connectivity index (χ4v) is 2.92. The maximum atomic E-state index is 13.4. The van der Waals surface area contributed by atoms with Crippen LogP contribution < -0.4 is 9.86 Å². The Labute approximate surface area is 141 Å². The number of benzene rings is 2. The molecule has 0 aliphatic heterocycles. The highest BCUT2D eigenvalue weighted by Crippen LogP contribution is 2.31. The van der Waals surface area contributed by atoms with Gasteiger partial charge in [0.05, 0.1) is 10.7 Å². The molecule has 110 valence electrons. The second-order valence-corrected chi connectivity index (χ2v) is 6.19. The Kier molecular flexibility index (Phi) is 6.26. The van der Waals surface area contributed by atoms with E-state index in [1.807, 2.05) is 35.7 Å². The van der Waals surface area contributed by atoms with Crippen molar-refractivity contribution in [2.75, 3.05) is 4.72 Å². The van der Waals surface area contributed by atoms with Crippen LogP contribution in [0.1, 0.15) is 5.56 Å². The minimum absolute atomic E-state index is 0.0511. The van der Waals surface area contributed by atoms with E-state index in [0.717, 1.165) is 17.5 Å². The van der Waals surface area contributed by atoms with Gasteiger partial charge in [0.15, 0.2) is 0 Å². The monoisotopic (exact) mass is 360 g/mol. The molecule has 0 spiro atoms. The van der Waals surface area contributed by atoms with Gasteiger partial charge in [-0.15, -0.1) is 0 Å². The van der Waals surface area contributed by atoms with Crippen molar-refractivity contribution in [1.82, 2.24) is 0 Å². The predicted molar refractivity (Wildman–Crippen MR) is 93.2 cm³/mol. The summed E-state index contributed by atoms with van der Waals surface area (Å²) in [4.78, 5) is 0.675. The van der Waals surface area contributed by atoms with E-state index in [4.69, 9.17) is 28.3 Å². The highest BCUT2D eigenvalue weighted by molar-refractivity contribution is 8.03. The Balaban J connectivity index is 2.00. The van der Waals surface area contributed by atoms with E-state index in [-0.39, 0.29) is 5.02 Å². The largest absolute Gasteiger partial charge is 0.325 e. The van der Waals surface area contributed by atoms with Crippen LogP contribution in [-0.4, -0.2) is 0 Å². The molecule has 2 nitrogen and oxygen atoms in total. The van der Waals surface area contributed by atoms with Gasteiger partial charge >= 0.3 is 0 Å². The van der Waals surface area contributed by atoms with Gasteiger partial charge in [-0.05, 0) is 59.1 Å². The summed E-state index contributed by atoms with van der Waals surface area (Å²) in [5.41, 5.74) is 1.60. The van der Waals surface area contributed by atoms with Crippen molar-refractivity contribution < 1.29 is 4.39 Å². The number of hydrogen-bond donors (Lipinski definition) is 2. The topological polar surface area (TPSA) is 38.0 Å². The molecule has 0 aliphatic rings. The molecular weight excluding hydrogens is 350 g/mol. The van der Waals surface area contributed by atoms with E-state index in [0.29, 0.717) is 15.6 Å². The van der Waals surface area contributed by atoms with Crippen LogP contribution in [0.2, 0.25) is 10.0 Å². The molecule has 3 N–H and O–H groups in total. The van der Waals surface area contributed by atoms with E-state index in [9.17, 15) is 4.39 Å². The van der Waals surface area contributed by atoms with Crippen molar-refractivity contribution >= 4 is 58.9 Å². The number of halogens is 3. The maximum absolute atomic E-state index is 13.4. The first-order chi connectivity index (χ1) is 10.1. The zero-order chi connectivity index (χ0) is 15.2. The summed E-state index contributed by atoms with van der Waals surface area (Å²) >= 11 is 13.8. The van der Waals surface area contributed by atoms with Crippen LogP contribution in [0.5, 0.6) is 0 Å². The fourth-order valence-electron chi connectivity index (χ4n) is 1.49. The number of hydrogen-bond acceptors (Lipinski definition) is 4. The molecule has 0 saturated carbocycles. The minimum Gasteiger partial charge on any atom is -0.325 e. The first kappa shape index (κ1) is 16.5. The first-order valence-corrected chi connectivity index (χ1v) is 8.31. The minimum atomic E-state index is -0.487. The SMILES string of the molecule is NSc1cc(Cl)c(F)cc1NS/C=C/c1ccc(Cl)cc1. The van der Waals surface area contributed by atoms with Gasteiger partial charge in [0.1, 0.15) is 5.82 Å². The average molecular weight is 361 g/mol. The smallest absolute Gasteiger partial charge is 0.143 e. The quantitative estimate of drug-likeness (QED) is 0.657. The second-order valence-electron chi connectivity index (χ2n) is 3.95. The van der Waals surface area contributed by atoms with Gasteiger partial charge in [0.25, 0.3) is 0 Å². The molecule has 0 aromatic heterocycles. The van der Waals surface area contributed by atoms with Gasteiger partial charge in [-0.1, -0.05) is 35.3 Å². The highest BCUT2D eigenvalue weighted by atomic mass is 35.5. The molecule has 0 bridgehead atoms. The Morgan fingerprint density at radius 2 is 1.86 bits per heavy atom. The summed E-state index contributed by atoms with van der Waals surface area (Å²) < 4.78 is 16.5. The van der Waals surface area contributed by atoms with Crippen molar-refractivity contribution in [3.8, 4) is 0 Å². The molecule has 2 rings (SSSR count). The van der Waals surface area contributed by atoms with Gasteiger partial charge in [-0.2, -0.15) is 0 Å². The third-order valence-corrected chi connectivity index (χ3v) is 4.26. The summed E-state index contributed by atoms with van der Waals surface area (Å²) in [7, 11) is 0. The van der Waals surface area contributed by atoms with E-state index in [1.54, 1.807) is 0 Å². The van der Waals surface area contributed by atoms with Gasteiger partial charge in [0.2, 0.25) is 0 Å². The van der Waals surface area contributed by atoms with Crippen LogP contribution >= 0.6 is 47.1 Å². The lowest BCUT2D eigenvalue weighted by molar-refractivity contribution is 0.628. The molecule has 0 aliphatic carbocycles. The van der Waals surface area contributed by atoms with Crippen LogP contribution in [0.3, 0.4) is 0 Å². The van der Waals surface area contributed by atoms with E-state index < -0.39 is 5.82 Å². The van der Waals surface area contributed by atoms with E-state index in [2.05, 4.69) is 4.72 Å². The van der Waals surface area contributed by atoms with Crippen molar-refractivity contribution in [2.45, 2.75) is 4.90 Å². The molecular formula is C14H11Cl2FN2S2. The summed E-state index contributed by atoms with van der Waals surface area (Å²) in [6.07, 6.45) is 1.91. The van der Waals surface area contributed by atoms with Crippen LogP contribution in [0.4, 0.5) is 10.1 Å². The highest BCUT2D eigenvalue weighted by Gasteiger charge is 2.07. The lowest BCUT2D eigenvalue weighted by atomic mass is 10.2. The maximum Gasteiger partial charge on any atom is 0.143 e. The van der Waals surface area contributed by atoms with Crippen molar-refractivity contribution in [1.29, 1.82) is 0 Å². The van der Waals surface area contributed by atoms with Crippen LogP contribution in [-0.2, 0) is 0 Å². The molecule has 0 unspecified atom stereocenters. The number of rotatable bonds is 5. The average Bonchev–Trinajstić information content (AvgIpc) is 2.48. The fraction of sp³-hybridized carbons (Fsp3) is 0. The van der Waals surface area contributed by atoms with Gasteiger partial charge in [-0.3, -0.25) is 5.14 Å². The van der Waals surface area contributed by atoms with Crippen LogP contribution in [0.25, 0.3) is 6.08 Å². The van der Waals surface area contributed by atoms with Gasteiger partial charge in [0, 0.05) is 16.0 Å². The Bertz CT molecular complexity index is 648. The zero-order valence-corrected chi connectivity index (χ0v) is 13.8. The number of nitrogens with one attached hydrogen (secondary N) is 1. The molecule has 7 heteroatoms. The number of anilines is 1. The van der Waals surface area contributed by atoms with E-state index >= 15 is 0 Å². The molecule has 2 aromatic rings. The van der Waals surface area contributed by atoms with Gasteiger partial charge in [-0.25, -0.2) is 4.39 Å². The molecule has 2 aromatic carbocycles. The molecule has 0 saturated heterocycles. The standard InChI is InChI=1S/C14H11Cl2FN2S2/c15-10-3-1-9(2-4-10)5-6-20-19-13-8-12(17)11(16)7-14(13)21-18/h1-8,19H,18H2/b6-5+. The van der Waals surface area contributed by atoms with Gasteiger partial charge < -0.3 is 4.72 Å². The zero-order valence-electron chi connectivity index (χ0n) is 10.6. The third-order valence-electron chi connectivity index (χ3n) is 2.52. The summed E-state index contributed by atoms with van der Waals surface area (Å²) in [5.74, 6) is -0.487. The molecule has 0 amide bonds. The summed E-state index contributed by atoms with van der Waals surface area (Å²) in [5, 5.41) is 8.13. The normalized spacial score (nSPS) is 11.0. The molecule has 0 fully saturated rings. The summed E-state index contributed by atoms with van der Waals surface area (Å²) in [6, 6.07) is 10.3. The van der Waals surface area contributed by atoms with Crippen molar-refractivity contribution in [3.05, 3.63) is 63.2 Å². The number of nitrogens with two attached hydrogens (primary N) is 1. The third kappa shape index (κ3) is 4.83. The van der Waals surface area contributed by atoms with Crippen LogP contribution in [0, 0.1) is 5.82 Å². The lowest BCUT2D eigenvalue weighted by Crippen LogP contribution is -1.92. The van der Waals surface area contributed by atoms with E-state index in [1.165, 1.54) is 24.1 Å². The molecule has 21 heavy (non-hydrogen) atoms. The van der Waals surface area contributed by atoms with Crippen molar-refractivity contribution in [3.63, 3.8) is 0 Å². The molecule has 0 radical (unpaired) electrons. The lowest BCUT2D eigenvalue weighted by Gasteiger charge is -2.08. The second kappa shape index (κ2) is 7.96.